The quantitative estimate of drug-likeness (QED) is 0.0387. The van der Waals surface area contributed by atoms with Crippen molar-refractivity contribution in [2.75, 3.05) is 92.9 Å². The second kappa shape index (κ2) is 46.2. The first-order chi connectivity index (χ1) is 75.1. The third kappa shape index (κ3) is 24.7. The van der Waals surface area contributed by atoms with Gasteiger partial charge in [0, 0.05) is 195 Å². The van der Waals surface area contributed by atoms with Gasteiger partial charge >= 0.3 is 0 Å². The van der Waals surface area contributed by atoms with Gasteiger partial charge in [-0.1, -0.05) is 224 Å². The zero-order chi connectivity index (χ0) is 119. The van der Waals surface area contributed by atoms with E-state index in [1.807, 2.05) is 18.2 Å². The summed E-state index contributed by atoms with van der Waals surface area (Å²) in [7, 11) is 6.91. The number of imidazole rings is 3. The van der Waals surface area contributed by atoms with Gasteiger partial charge < -0.3 is 47.8 Å². The highest BCUT2D eigenvalue weighted by atomic mass is 79.9. The first-order valence-corrected chi connectivity index (χ1v) is 42.4. The molecule has 1 N–H and O–H groups in total. The molecule has 0 saturated carbocycles. The topological polar surface area (TPSA) is 162 Å². The number of hydrogen-bond acceptors (Lipinski definition) is 10. The zero-order valence-corrected chi connectivity index (χ0v) is 69.8. The summed E-state index contributed by atoms with van der Waals surface area (Å²) >= 11 is 3.27. The number of likely N-dealkylation sites (tertiary alicyclic amines) is 3. The summed E-state index contributed by atoms with van der Waals surface area (Å²) in [6.45, 7) is 19.6. The molecular formula is C100H174BrN9O7. The molecule has 668 valence electrons. The Morgan fingerprint density at radius 2 is 0.880 bits per heavy atom. The van der Waals surface area contributed by atoms with E-state index in [0.29, 0.717) is 37.7 Å². The van der Waals surface area contributed by atoms with Crippen molar-refractivity contribution in [2.24, 2.45) is 17.8 Å². The first kappa shape index (κ1) is 67.6. The van der Waals surface area contributed by atoms with Crippen LogP contribution in [0.15, 0.2) is 182 Å². The number of benzene rings is 9. The van der Waals surface area contributed by atoms with E-state index in [0.717, 1.165) is 199 Å². The number of rotatable bonds is 27. The number of aromatic nitrogens is 6. The number of aromatic amines is 1. The maximum absolute atomic E-state index is 13.4. The maximum atomic E-state index is 13.4. The van der Waals surface area contributed by atoms with Crippen molar-refractivity contribution in [3.63, 3.8) is 0 Å². The molecule has 17 heteroatoms. The molecule has 3 fully saturated rings. The molecular weight excluding hydrogens is 1520 g/mol. The van der Waals surface area contributed by atoms with Crippen molar-refractivity contribution in [1.82, 2.24) is 43.8 Å². The van der Waals surface area contributed by atoms with Crippen LogP contribution in [0.3, 0.4) is 0 Å². The minimum absolute atomic E-state index is 0. The summed E-state index contributed by atoms with van der Waals surface area (Å²) in [6.07, 6.45) is 13.7. The van der Waals surface area contributed by atoms with Crippen molar-refractivity contribution in [3.8, 4) is 5.75 Å². The molecule has 6 heterocycles. The number of fused-ring (bicyclic) bond motifs is 6. The van der Waals surface area contributed by atoms with Gasteiger partial charge in [-0.15, -0.1) is 0 Å². The van der Waals surface area contributed by atoms with Crippen LogP contribution in [-0.4, -0.2) is 154 Å². The number of nitrogens with one attached hydrogen (secondary N) is 1. The van der Waals surface area contributed by atoms with Crippen molar-refractivity contribution in [1.29, 1.82) is 0 Å². The highest BCUT2D eigenvalue weighted by Crippen LogP contribution is 2.37. The molecule has 3 aromatic heterocycles. The number of amides is 3. The van der Waals surface area contributed by atoms with Crippen molar-refractivity contribution in [3.05, 3.63) is 227 Å². The number of halogens is 1. The van der Waals surface area contributed by atoms with E-state index >= 15 is 0 Å². The number of ether oxygens (including phenoxy) is 4. The standard InChI is InChI=1S/C32H39N3O3.C32H39N3O2.C28H31N3O.C4H9BrO.4CH4.20H2/c1-23(19-24-14-15-25-9-4-5-10-26(25)21-24)20-30(36)34-16-7-11-27(22-34)32-33-28-12-6-13-29(38-3)31(28)35(32)17-8-18-37-2;1-23(19-25-14-15-26-10-4-5-11-27(26)21-25)20-30(36)34-16-7-12-28(22-34)32-33-31-24(2)9-6-13-29(31)35(32)17-8-18-37-3;1-19(15-21-12-13-22-8-3-4-9-23(22)17-21)16-26(32)31-14-6-10-24(18-31)28-29-25-11-5-7-20(2)27(25)30-28;1-6-4-2-3-5;;;;;;;;;;;;;;;;;;;;;;;;/h4-6,9-10,12-15,21,23,27H,7-8,11,16-20,22H2,1-3H3;4-6,9-11,13-15,21,23,28H,7-8,12,16-20,22H2,1-3H3;3-5,7-9,11-13,17,19,24H,6,10,14-16,18H2,1-2H3,(H,29,30);2-4H2,1H3;4*1H4;20*1H/t23-,27-;23-,28-;19-,24-;;;;;;;;;;;;;;;;;;;;;;;;;/m111........................./s1/i;;;;;;;;20*1+1D. The molecule has 0 bridgehead atoms. The van der Waals surface area contributed by atoms with E-state index in [9.17, 15) is 14.4 Å². The summed E-state index contributed by atoms with van der Waals surface area (Å²) in [5.41, 5.74) is 12.7. The molecule has 3 aliphatic rings. The van der Waals surface area contributed by atoms with Crippen LogP contribution in [0.5, 0.6) is 5.75 Å². The number of piperidine rings is 3. The Hall–Kier alpha value is -9.26. The number of hydrogen-bond donors (Lipinski definition) is 1. The number of aryl methyl sites for hydroxylation is 4. The molecule has 12 aromatic rings. The fourth-order valence-electron chi connectivity index (χ4n) is 17.1. The predicted molar refractivity (Wildman–Crippen MR) is 534 cm³/mol. The average Bonchev–Trinajstić information content (AvgIpc) is 1.63. The summed E-state index contributed by atoms with van der Waals surface area (Å²) < 4.78 is 226. The number of carbonyl (C=O) groups excluding carboxylic acids is 3. The van der Waals surface area contributed by atoms with Gasteiger partial charge in [-0.3, -0.25) is 14.4 Å². The summed E-state index contributed by atoms with van der Waals surface area (Å²) in [4.78, 5) is 64.7. The Morgan fingerprint density at radius 3 is 1.32 bits per heavy atom. The van der Waals surface area contributed by atoms with Gasteiger partial charge in [-0.2, -0.15) is 0 Å². The highest BCUT2D eigenvalue weighted by molar-refractivity contribution is 9.09. The number of carbonyl (C=O) groups is 3. The van der Waals surface area contributed by atoms with Crippen LogP contribution >= 0.6 is 15.9 Å². The summed E-state index contributed by atoms with van der Waals surface area (Å²) in [5.74, 6) is 6.51. The van der Waals surface area contributed by atoms with Crippen LogP contribution in [0.25, 0.3) is 65.4 Å². The monoisotopic (exact) mass is 1730 g/mol. The molecule has 0 unspecified atom stereocenters. The Labute approximate surface area is 768 Å². The Bertz CT molecular complexity index is 5230. The van der Waals surface area contributed by atoms with Crippen LogP contribution in [-0.2, 0) is 60.9 Å². The van der Waals surface area contributed by atoms with Crippen molar-refractivity contribution >= 4 is 99.1 Å². The Kier molecular flexibility index (Phi) is 26.7. The van der Waals surface area contributed by atoms with Crippen LogP contribution < -0.4 is 4.74 Å². The number of H-pyrrole nitrogens is 1. The lowest BCUT2D eigenvalue weighted by Gasteiger charge is -2.33. The lowest BCUT2D eigenvalue weighted by molar-refractivity contribution is -0.134. The molecule has 6 atom stereocenters. The fourth-order valence-corrected chi connectivity index (χ4v) is 17.3. The van der Waals surface area contributed by atoms with Gasteiger partial charge in [-0.25, -0.2) is 15.0 Å². The van der Waals surface area contributed by atoms with E-state index < -0.39 is 0 Å². The molecule has 117 heavy (non-hydrogen) atoms. The Morgan fingerprint density at radius 1 is 0.470 bits per heavy atom. The molecule has 9 aromatic carbocycles. The predicted octanol–water partition coefficient (Wildman–Crippen LogP) is 27.6. The minimum atomic E-state index is 0. The molecule has 3 saturated heterocycles. The number of methoxy groups -OCH3 is 4. The molecule has 15 rings (SSSR count). The third-order valence-electron chi connectivity index (χ3n) is 22.9. The minimum Gasteiger partial charge on any atom is -0.494 e. The van der Waals surface area contributed by atoms with Crippen LogP contribution in [0.1, 0.15) is 250 Å². The lowest BCUT2D eigenvalue weighted by Crippen LogP contribution is -2.40. The van der Waals surface area contributed by atoms with Crippen molar-refractivity contribution in [2.45, 2.75) is 191 Å². The van der Waals surface area contributed by atoms with Crippen LogP contribution in [0, 0.1) is 31.6 Å². The van der Waals surface area contributed by atoms with Gasteiger partial charge in [0.25, 0.3) is 0 Å². The van der Waals surface area contributed by atoms with Gasteiger partial charge in [0.2, 0.25) is 17.7 Å². The second-order valence-corrected chi connectivity index (χ2v) is 32.7. The van der Waals surface area contributed by atoms with E-state index in [1.165, 1.54) is 65.7 Å². The maximum Gasteiger partial charge on any atom is 0.222 e. The highest BCUT2D eigenvalue weighted by Gasteiger charge is 2.33. The number of para-hydroxylation sites is 3. The van der Waals surface area contributed by atoms with Gasteiger partial charge in [0.05, 0.1) is 34.7 Å². The third-order valence-corrected chi connectivity index (χ3v) is 23.4. The lowest BCUT2D eigenvalue weighted by atomic mass is 9.93. The second-order valence-electron chi connectivity index (χ2n) is 32.0. The molecule has 0 spiro atoms. The van der Waals surface area contributed by atoms with E-state index in [4.69, 9.17) is 93.3 Å². The van der Waals surface area contributed by atoms with Crippen LogP contribution in [0.2, 0.25) is 0 Å². The normalized spacial score (nSPS) is 17.5. The molecule has 16 nitrogen and oxygen atoms in total. The molecule has 0 radical (unpaired) electrons. The largest absolute Gasteiger partial charge is 0.494 e. The van der Waals surface area contributed by atoms with Gasteiger partial charge in [0.15, 0.2) is 0 Å². The number of nitrogens with zero attached hydrogens (tertiary/aromatic N) is 8. The SMILES string of the molecule is C.C.C.C.COCCCBr.COCCCn1c([C@@H]2CCCN(C(=O)C[C@H](C)Cc3ccc4ccccc4c3)C2)nc2c(C)cccc21.COCCCn1c([C@@H]2CCCN(C(=O)C[C@H](C)Cc3ccc4ccccc4c3)C2)nc2cccc(OC)c21.Cc1cccc2[nH]c([C@@H]3CCCN(C(=O)C[C@H](C)Cc4ccc5ccccc5c4)C3)nc12.[2H][2H].[2H][2H].[2H][2H].[2H][2H].[2H][2H].[2H][2H].[2H][2H].[2H][2H].[2H][2H].[2H][2H].[2H][2H].[2H][2H].[2H][2H].[2H][2H].[2H][2H].[2H][2H].[2H][2H].[2H][2H].[2H][2H].[2H][2H]. The van der Waals surface area contributed by atoms with E-state index in [1.54, 1.807) is 28.4 Å². The van der Waals surface area contributed by atoms with E-state index in [2.05, 4.69) is 243 Å². The average molecular weight is 1730 g/mol. The number of alkyl halides is 1. The summed E-state index contributed by atoms with van der Waals surface area (Å²) in [5, 5.41) is 8.61. The zero-order valence-electron chi connectivity index (χ0n) is 108. The first-order valence-electron chi connectivity index (χ1n) is 61.3. The van der Waals surface area contributed by atoms with Crippen molar-refractivity contribution < 1.29 is 92.7 Å². The van der Waals surface area contributed by atoms with Gasteiger partial charge in [0.1, 0.15) is 28.7 Å². The van der Waals surface area contributed by atoms with Crippen LogP contribution in [0.4, 0.5) is 0 Å². The summed E-state index contributed by atoms with van der Waals surface area (Å²) in [6, 6.07) is 64.0. The molecule has 0 aliphatic carbocycles. The molecule has 3 aliphatic heterocycles. The molecule has 3 amide bonds. The fraction of sp³-hybridized carbons (Fsp3) is 0.460. The van der Waals surface area contributed by atoms with E-state index in [-0.39, 0.29) is 71.1 Å². The Balaban J connectivity index is -0.000000150. The smallest absolute Gasteiger partial charge is 0.222 e. The van der Waals surface area contributed by atoms with Gasteiger partial charge in [-0.05, 0) is 193 Å².